The van der Waals surface area contributed by atoms with E-state index in [2.05, 4.69) is 5.32 Å². The van der Waals surface area contributed by atoms with E-state index in [0.717, 1.165) is 5.56 Å². The van der Waals surface area contributed by atoms with Gasteiger partial charge in [-0.15, -0.1) is 0 Å². The van der Waals surface area contributed by atoms with Gasteiger partial charge in [-0.1, -0.05) is 12.1 Å². The second-order valence-electron chi connectivity index (χ2n) is 5.52. The molecule has 0 bridgehead atoms. The summed E-state index contributed by atoms with van der Waals surface area (Å²) in [6.45, 7) is 0. The number of anilines is 1. The van der Waals surface area contributed by atoms with Gasteiger partial charge in [-0.3, -0.25) is 4.79 Å². The zero-order valence-electron chi connectivity index (χ0n) is 13.8. The molecule has 4 nitrogen and oxygen atoms in total. The summed E-state index contributed by atoms with van der Waals surface area (Å²) in [5.41, 5.74) is 1.44. The lowest BCUT2D eigenvalue weighted by molar-refractivity contribution is -0.116. The first-order valence-corrected chi connectivity index (χ1v) is 7.93. The zero-order valence-corrected chi connectivity index (χ0v) is 13.8. The quantitative estimate of drug-likeness (QED) is 0.710. The number of para-hydroxylation sites is 2. The second-order valence-corrected chi connectivity index (χ2v) is 5.52. The summed E-state index contributed by atoms with van der Waals surface area (Å²) in [4.78, 5) is 12.1. The van der Waals surface area contributed by atoms with Crippen molar-refractivity contribution in [1.82, 2.24) is 0 Å². The maximum Gasteiger partial charge on any atom is 0.224 e. The Morgan fingerprint density at radius 1 is 1.08 bits per heavy atom. The Hall–Kier alpha value is -3.08. The number of rotatable bonds is 6. The molecule has 1 heterocycles. The molecular formula is C20H18FNO3. The first kappa shape index (κ1) is 16.8. The molecular weight excluding hydrogens is 321 g/mol. The molecule has 0 aliphatic carbocycles. The average molecular weight is 339 g/mol. The van der Waals surface area contributed by atoms with E-state index in [1.165, 1.54) is 12.1 Å². The van der Waals surface area contributed by atoms with Crippen LogP contribution in [-0.2, 0) is 11.2 Å². The highest BCUT2D eigenvalue weighted by Gasteiger charge is 2.10. The summed E-state index contributed by atoms with van der Waals surface area (Å²) in [6, 6.07) is 17.0. The van der Waals surface area contributed by atoms with Crippen LogP contribution in [0.3, 0.4) is 0 Å². The van der Waals surface area contributed by atoms with E-state index < -0.39 is 0 Å². The topological polar surface area (TPSA) is 51.5 Å². The molecule has 128 valence electrons. The fourth-order valence-electron chi connectivity index (χ4n) is 2.48. The van der Waals surface area contributed by atoms with Crippen molar-refractivity contribution >= 4 is 11.6 Å². The molecule has 25 heavy (non-hydrogen) atoms. The first-order valence-electron chi connectivity index (χ1n) is 7.93. The molecule has 0 atom stereocenters. The number of benzene rings is 2. The molecule has 0 aliphatic rings. The van der Waals surface area contributed by atoms with Gasteiger partial charge >= 0.3 is 0 Å². The molecule has 0 radical (unpaired) electrons. The van der Waals surface area contributed by atoms with Crippen LogP contribution in [0.15, 0.2) is 65.1 Å². The molecule has 0 aliphatic heterocycles. The summed E-state index contributed by atoms with van der Waals surface area (Å²) in [7, 11) is 1.56. The number of furan rings is 1. The van der Waals surface area contributed by atoms with Crippen LogP contribution >= 0.6 is 0 Å². The Bertz CT molecular complexity index is 855. The van der Waals surface area contributed by atoms with Gasteiger partial charge in [0.2, 0.25) is 5.91 Å². The second kappa shape index (κ2) is 7.66. The van der Waals surface area contributed by atoms with Crippen LogP contribution in [0.2, 0.25) is 0 Å². The lowest BCUT2D eigenvalue weighted by atomic mass is 10.2. The molecule has 3 aromatic rings. The maximum atomic E-state index is 13.0. The molecule has 0 spiro atoms. The van der Waals surface area contributed by atoms with Crippen LogP contribution in [0, 0.1) is 5.82 Å². The highest BCUT2D eigenvalue weighted by molar-refractivity contribution is 5.92. The molecule has 0 fully saturated rings. The van der Waals surface area contributed by atoms with Crippen molar-refractivity contribution in [2.45, 2.75) is 12.8 Å². The number of carbonyl (C=O) groups excluding carboxylic acids is 1. The Morgan fingerprint density at radius 2 is 1.84 bits per heavy atom. The Morgan fingerprint density at radius 3 is 2.60 bits per heavy atom. The number of carbonyl (C=O) groups is 1. The molecule has 1 amide bonds. The number of hydrogen-bond donors (Lipinski definition) is 1. The van der Waals surface area contributed by atoms with Crippen molar-refractivity contribution in [3.63, 3.8) is 0 Å². The van der Waals surface area contributed by atoms with Crippen LogP contribution in [-0.4, -0.2) is 13.0 Å². The smallest absolute Gasteiger partial charge is 0.224 e. The zero-order chi connectivity index (χ0) is 17.6. The SMILES string of the molecule is COc1ccccc1NC(=O)CCc1ccc(-c2ccc(F)cc2)o1. The lowest BCUT2D eigenvalue weighted by Crippen LogP contribution is -2.12. The van der Waals surface area contributed by atoms with E-state index in [-0.39, 0.29) is 18.1 Å². The fraction of sp³-hybridized carbons (Fsp3) is 0.150. The molecule has 5 heteroatoms. The van der Waals surface area contributed by atoms with Gasteiger partial charge in [0.1, 0.15) is 23.1 Å². The van der Waals surface area contributed by atoms with Gasteiger partial charge in [-0.25, -0.2) is 4.39 Å². The van der Waals surface area contributed by atoms with E-state index in [1.807, 2.05) is 24.3 Å². The number of hydrogen-bond acceptors (Lipinski definition) is 3. The molecule has 1 N–H and O–H groups in total. The van der Waals surface area contributed by atoms with E-state index in [0.29, 0.717) is 29.4 Å². The number of ether oxygens (including phenoxy) is 1. The van der Waals surface area contributed by atoms with Crippen molar-refractivity contribution in [2.24, 2.45) is 0 Å². The van der Waals surface area contributed by atoms with Gasteiger partial charge in [-0.05, 0) is 48.5 Å². The minimum atomic E-state index is -0.288. The van der Waals surface area contributed by atoms with Crippen LogP contribution < -0.4 is 10.1 Å². The monoisotopic (exact) mass is 339 g/mol. The summed E-state index contributed by atoms with van der Waals surface area (Å²) >= 11 is 0. The number of aryl methyl sites for hydroxylation is 1. The van der Waals surface area contributed by atoms with Gasteiger partial charge in [0.25, 0.3) is 0 Å². The molecule has 0 unspecified atom stereocenters. The van der Waals surface area contributed by atoms with E-state index in [1.54, 1.807) is 31.4 Å². The number of methoxy groups -OCH3 is 1. The summed E-state index contributed by atoms with van der Waals surface area (Å²) in [5.74, 6) is 1.56. The van der Waals surface area contributed by atoms with Gasteiger partial charge < -0.3 is 14.5 Å². The van der Waals surface area contributed by atoms with Crippen molar-refractivity contribution < 1.29 is 18.3 Å². The Kier molecular flexibility index (Phi) is 5.14. The van der Waals surface area contributed by atoms with Crippen molar-refractivity contribution in [3.05, 3.63) is 72.2 Å². The van der Waals surface area contributed by atoms with Crippen LogP contribution in [0.1, 0.15) is 12.2 Å². The highest BCUT2D eigenvalue weighted by atomic mass is 19.1. The number of amides is 1. The first-order chi connectivity index (χ1) is 12.2. The molecule has 0 saturated heterocycles. The van der Waals surface area contributed by atoms with E-state index in [9.17, 15) is 9.18 Å². The van der Waals surface area contributed by atoms with Crippen molar-refractivity contribution in [3.8, 4) is 17.1 Å². The standard InChI is InChI=1S/C20H18FNO3/c1-24-19-5-3-2-4-17(19)22-20(23)13-11-16-10-12-18(25-16)14-6-8-15(21)9-7-14/h2-10,12H,11,13H2,1H3,(H,22,23). The third-order valence-electron chi connectivity index (χ3n) is 3.77. The van der Waals surface area contributed by atoms with Crippen LogP contribution in [0.25, 0.3) is 11.3 Å². The number of halogens is 1. The summed E-state index contributed by atoms with van der Waals surface area (Å²) in [6.07, 6.45) is 0.761. The molecule has 3 rings (SSSR count). The Labute approximate surface area is 145 Å². The summed E-state index contributed by atoms with van der Waals surface area (Å²) < 4.78 is 23.9. The van der Waals surface area contributed by atoms with Crippen LogP contribution in [0.5, 0.6) is 5.75 Å². The predicted molar refractivity (Wildman–Crippen MR) is 94.0 cm³/mol. The minimum Gasteiger partial charge on any atom is -0.495 e. The largest absolute Gasteiger partial charge is 0.495 e. The molecule has 2 aromatic carbocycles. The van der Waals surface area contributed by atoms with Gasteiger partial charge in [0.15, 0.2) is 0 Å². The predicted octanol–water partition coefficient (Wildman–Crippen LogP) is 4.67. The molecule has 0 saturated carbocycles. The van der Waals surface area contributed by atoms with Gasteiger partial charge in [0.05, 0.1) is 12.8 Å². The molecule has 1 aromatic heterocycles. The number of nitrogens with one attached hydrogen (secondary N) is 1. The van der Waals surface area contributed by atoms with Gasteiger partial charge in [-0.2, -0.15) is 0 Å². The lowest BCUT2D eigenvalue weighted by Gasteiger charge is -2.09. The average Bonchev–Trinajstić information content (AvgIpc) is 3.10. The van der Waals surface area contributed by atoms with Crippen LogP contribution in [0.4, 0.5) is 10.1 Å². The third kappa shape index (κ3) is 4.26. The normalized spacial score (nSPS) is 10.5. The highest BCUT2D eigenvalue weighted by Crippen LogP contribution is 2.25. The third-order valence-corrected chi connectivity index (χ3v) is 3.77. The van der Waals surface area contributed by atoms with Crippen molar-refractivity contribution in [2.75, 3.05) is 12.4 Å². The maximum absolute atomic E-state index is 13.0. The summed E-state index contributed by atoms with van der Waals surface area (Å²) in [5, 5.41) is 2.83. The minimum absolute atomic E-state index is 0.121. The fourth-order valence-corrected chi connectivity index (χ4v) is 2.48. The van der Waals surface area contributed by atoms with E-state index >= 15 is 0 Å². The van der Waals surface area contributed by atoms with Gasteiger partial charge in [0, 0.05) is 18.4 Å². The van der Waals surface area contributed by atoms with E-state index in [4.69, 9.17) is 9.15 Å². The van der Waals surface area contributed by atoms with Crippen molar-refractivity contribution in [1.29, 1.82) is 0 Å². The Balaban J connectivity index is 1.58.